The molecule has 3 rings (SSSR count). The molecular weight excluding hydrogens is 378 g/mol. The van der Waals surface area contributed by atoms with Gasteiger partial charge in [0.15, 0.2) is 11.5 Å². The van der Waals surface area contributed by atoms with Gasteiger partial charge >= 0.3 is 0 Å². The predicted octanol–water partition coefficient (Wildman–Crippen LogP) is 3.70. The number of aryl methyl sites for hydroxylation is 1. The van der Waals surface area contributed by atoms with Crippen molar-refractivity contribution in [2.24, 2.45) is 0 Å². The van der Waals surface area contributed by atoms with E-state index in [1.165, 1.54) is 0 Å². The molecular formula is C17H22ClN3O4S. The van der Waals surface area contributed by atoms with Crippen LogP contribution < -0.4 is 14.2 Å². The Kier molecular flexibility index (Phi) is 5.07. The molecule has 2 aromatic rings. The van der Waals surface area contributed by atoms with Crippen LogP contribution in [-0.2, 0) is 10.0 Å². The Balaban J connectivity index is 2.00. The number of anilines is 1. The van der Waals surface area contributed by atoms with Gasteiger partial charge in [-0.2, -0.15) is 5.10 Å². The zero-order valence-electron chi connectivity index (χ0n) is 15.2. The molecule has 1 N–H and O–H groups in total. The van der Waals surface area contributed by atoms with E-state index in [-0.39, 0.29) is 21.6 Å². The van der Waals surface area contributed by atoms with Gasteiger partial charge in [-0.1, -0.05) is 11.6 Å². The van der Waals surface area contributed by atoms with Crippen molar-refractivity contribution >= 4 is 27.3 Å². The number of halogens is 1. The van der Waals surface area contributed by atoms with Gasteiger partial charge in [-0.25, -0.2) is 8.42 Å². The van der Waals surface area contributed by atoms with Crippen molar-refractivity contribution in [1.29, 1.82) is 0 Å². The Bertz CT molecular complexity index is 938. The smallest absolute Gasteiger partial charge is 0.265 e. The van der Waals surface area contributed by atoms with Crippen molar-refractivity contribution in [3.63, 3.8) is 0 Å². The zero-order valence-corrected chi connectivity index (χ0v) is 16.7. The molecule has 0 unspecified atom stereocenters. The van der Waals surface area contributed by atoms with Gasteiger partial charge in [-0.3, -0.25) is 9.40 Å². The van der Waals surface area contributed by atoms with Crippen LogP contribution in [-0.4, -0.2) is 31.4 Å². The zero-order chi connectivity index (χ0) is 19.1. The Morgan fingerprint density at radius 2 is 1.81 bits per heavy atom. The van der Waals surface area contributed by atoms with Crippen molar-refractivity contribution in [3.8, 4) is 11.5 Å². The van der Waals surface area contributed by atoms with Crippen molar-refractivity contribution in [2.75, 3.05) is 17.9 Å². The molecule has 7 nitrogen and oxygen atoms in total. The number of sulfonamides is 1. The van der Waals surface area contributed by atoms with Crippen LogP contribution in [0.4, 0.5) is 5.69 Å². The lowest BCUT2D eigenvalue weighted by atomic mass is 10.3. The molecule has 0 bridgehead atoms. The summed E-state index contributed by atoms with van der Waals surface area (Å²) >= 11 is 6.26. The molecule has 0 atom stereocenters. The molecule has 0 fully saturated rings. The van der Waals surface area contributed by atoms with E-state index in [0.717, 1.165) is 6.42 Å². The predicted molar refractivity (Wildman–Crippen MR) is 100.0 cm³/mol. The Labute approximate surface area is 158 Å². The van der Waals surface area contributed by atoms with E-state index in [1.54, 1.807) is 30.7 Å². The normalized spacial score (nSPS) is 14.4. The monoisotopic (exact) mass is 399 g/mol. The molecule has 2 heterocycles. The first kappa shape index (κ1) is 18.8. The summed E-state index contributed by atoms with van der Waals surface area (Å²) < 4.78 is 41.4. The Hall–Kier alpha value is -1.93. The maximum Gasteiger partial charge on any atom is 0.265 e. The summed E-state index contributed by atoms with van der Waals surface area (Å²) in [4.78, 5) is 0.161. The van der Waals surface area contributed by atoms with Gasteiger partial charge in [0.25, 0.3) is 10.0 Å². The molecule has 1 aromatic carbocycles. The van der Waals surface area contributed by atoms with Crippen LogP contribution >= 0.6 is 11.6 Å². The lowest BCUT2D eigenvalue weighted by Crippen LogP contribution is -2.15. The highest BCUT2D eigenvalue weighted by atomic mass is 35.5. The molecule has 0 spiro atoms. The topological polar surface area (TPSA) is 82.5 Å². The molecule has 0 amide bonds. The second-order valence-electron chi connectivity index (χ2n) is 6.47. The molecule has 1 aliphatic heterocycles. The standard InChI is InChI=1S/C17H22ClN3O4S/c1-10(2)21-12(4)17(11(3)19-21)26(22,23)20-14-9-16-15(8-13(14)18)24-6-5-7-25-16/h8-10,20H,5-7H2,1-4H3. The summed E-state index contributed by atoms with van der Waals surface area (Å²) in [6.45, 7) is 8.34. The Morgan fingerprint density at radius 3 is 2.38 bits per heavy atom. The summed E-state index contributed by atoms with van der Waals surface area (Å²) in [5.74, 6) is 0.978. The molecule has 0 saturated carbocycles. The van der Waals surface area contributed by atoms with Crippen LogP contribution in [0.5, 0.6) is 11.5 Å². The van der Waals surface area contributed by atoms with Gasteiger partial charge in [0.05, 0.1) is 35.3 Å². The molecule has 1 aliphatic rings. The maximum absolute atomic E-state index is 13.0. The molecule has 0 saturated heterocycles. The van der Waals surface area contributed by atoms with Crippen LogP contribution in [0.1, 0.15) is 37.7 Å². The molecule has 9 heteroatoms. The minimum atomic E-state index is -3.86. The number of aromatic nitrogens is 2. The number of rotatable bonds is 4. The summed E-state index contributed by atoms with van der Waals surface area (Å²) in [6, 6.07) is 3.18. The van der Waals surface area contributed by atoms with Crippen molar-refractivity contribution in [2.45, 2.75) is 45.1 Å². The minimum absolute atomic E-state index is 0.0549. The average molecular weight is 400 g/mol. The van der Waals surface area contributed by atoms with E-state index in [2.05, 4.69) is 9.82 Å². The van der Waals surface area contributed by atoms with Gasteiger partial charge in [-0.05, 0) is 27.7 Å². The highest BCUT2D eigenvalue weighted by Gasteiger charge is 2.27. The first-order valence-electron chi connectivity index (χ1n) is 8.38. The van der Waals surface area contributed by atoms with Gasteiger partial charge in [0, 0.05) is 24.6 Å². The first-order valence-corrected chi connectivity index (χ1v) is 10.2. The van der Waals surface area contributed by atoms with Gasteiger partial charge in [-0.15, -0.1) is 0 Å². The highest BCUT2D eigenvalue weighted by Crippen LogP contribution is 2.38. The van der Waals surface area contributed by atoms with Crippen molar-refractivity contribution in [3.05, 3.63) is 28.5 Å². The second kappa shape index (κ2) is 7.00. The summed E-state index contributed by atoms with van der Waals surface area (Å²) in [7, 11) is -3.86. The maximum atomic E-state index is 13.0. The third-order valence-electron chi connectivity index (χ3n) is 4.10. The number of benzene rings is 1. The third kappa shape index (κ3) is 3.48. The van der Waals surface area contributed by atoms with Crippen LogP contribution in [0.3, 0.4) is 0 Å². The summed E-state index contributed by atoms with van der Waals surface area (Å²) in [5.41, 5.74) is 1.26. The van der Waals surface area contributed by atoms with Gasteiger partial charge in [0.1, 0.15) is 4.90 Å². The molecule has 0 radical (unpaired) electrons. The number of nitrogens with one attached hydrogen (secondary N) is 1. The van der Waals surface area contributed by atoms with Gasteiger partial charge < -0.3 is 9.47 Å². The summed E-state index contributed by atoms with van der Waals surface area (Å²) in [5, 5.41) is 4.58. The fourth-order valence-electron chi connectivity index (χ4n) is 3.00. The van der Waals surface area contributed by atoms with E-state index in [9.17, 15) is 8.42 Å². The van der Waals surface area contributed by atoms with E-state index in [4.69, 9.17) is 21.1 Å². The number of hydrogen-bond donors (Lipinski definition) is 1. The van der Waals surface area contributed by atoms with Crippen molar-refractivity contribution in [1.82, 2.24) is 9.78 Å². The van der Waals surface area contributed by atoms with Gasteiger partial charge in [0.2, 0.25) is 0 Å². The van der Waals surface area contributed by atoms with Crippen molar-refractivity contribution < 1.29 is 17.9 Å². The number of nitrogens with zero attached hydrogens (tertiary/aromatic N) is 2. The van der Waals surface area contributed by atoms with Crippen LogP contribution in [0, 0.1) is 13.8 Å². The van der Waals surface area contributed by atoms with E-state index < -0.39 is 10.0 Å². The fourth-order valence-corrected chi connectivity index (χ4v) is 4.73. The van der Waals surface area contributed by atoms with Crippen LogP contribution in [0.2, 0.25) is 5.02 Å². The number of ether oxygens (including phenoxy) is 2. The van der Waals surface area contributed by atoms with E-state index in [1.807, 2.05) is 13.8 Å². The molecule has 1 aromatic heterocycles. The van der Waals surface area contributed by atoms with Crippen LogP contribution in [0.25, 0.3) is 0 Å². The summed E-state index contributed by atoms with van der Waals surface area (Å²) in [6.07, 6.45) is 0.750. The molecule has 0 aliphatic carbocycles. The van der Waals surface area contributed by atoms with E-state index >= 15 is 0 Å². The first-order chi connectivity index (χ1) is 12.2. The molecule has 26 heavy (non-hydrogen) atoms. The fraction of sp³-hybridized carbons (Fsp3) is 0.471. The van der Waals surface area contributed by atoms with Crippen LogP contribution in [0.15, 0.2) is 17.0 Å². The number of fused-ring (bicyclic) bond motifs is 1. The highest BCUT2D eigenvalue weighted by molar-refractivity contribution is 7.92. The lowest BCUT2D eigenvalue weighted by Gasteiger charge is -2.14. The number of hydrogen-bond acceptors (Lipinski definition) is 5. The van der Waals surface area contributed by atoms with E-state index in [0.29, 0.717) is 36.1 Å². The third-order valence-corrected chi connectivity index (χ3v) is 6.03. The largest absolute Gasteiger partial charge is 0.490 e. The second-order valence-corrected chi connectivity index (χ2v) is 8.50. The minimum Gasteiger partial charge on any atom is -0.490 e. The molecule has 142 valence electrons. The average Bonchev–Trinajstić information content (AvgIpc) is 2.71. The quantitative estimate of drug-likeness (QED) is 0.847. The lowest BCUT2D eigenvalue weighted by molar-refractivity contribution is 0.297. The SMILES string of the molecule is Cc1nn(C(C)C)c(C)c1S(=O)(=O)Nc1cc2c(cc1Cl)OCCCO2. The Morgan fingerprint density at radius 1 is 1.19 bits per heavy atom.